The standard InChI is InChI=1S/C13H24N2O/c1-13(2)5-7-15(8-6-13)12(16)10-14-9-11-3-4-11/h11,14H,3-10H2,1-2H3. The van der Waals surface area contributed by atoms with Crippen LogP contribution in [0.15, 0.2) is 0 Å². The Morgan fingerprint density at radius 2 is 1.94 bits per heavy atom. The van der Waals surface area contributed by atoms with Gasteiger partial charge in [-0.05, 0) is 43.6 Å². The van der Waals surface area contributed by atoms with E-state index in [1.165, 1.54) is 12.8 Å². The minimum absolute atomic E-state index is 0.288. The van der Waals surface area contributed by atoms with E-state index in [4.69, 9.17) is 0 Å². The number of carbonyl (C=O) groups is 1. The van der Waals surface area contributed by atoms with Crippen LogP contribution in [0.3, 0.4) is 0 Å². The number of nitrogens with one attached hydrogen (secondary N) is 1. The maximum Gasteiger partial charge on any atom is 0.236 e. The third kappa shape index (κ3) is 3.48. The van der Waals surface area contributed by atoms with E-state index >= 15 is 0 Å². The molecule has 0 spiro atoms. The molecule has 92 valence electrons. The molecule has 1 saturated heterocycles. The van der Waals surface area contributed by atoms with Gasteiger partial charge in [0.25, 0.3) is 0 Å². The number of carbonyl (C=O) groups excluding carboxylic acids is 1. The van der Waals surface area contributed by atoms with E-state index < -0.39 is 0 Å². The smallest absolute Gasteiger partial charge is 0.236 e. The molecule has 0 aromatic rings. The molecule has 1 N–H and O–H groups in total. The lowest BCUT2D eigenvalue weighted by Crippen LogP contribution is -2.45. The highest BCUT2D eigenvalue weighted by Gasteiger charge is 2.27. The highest BCUT2D eigenvalue weighted by molar-refractivity contribution is 5.78. The van der Waals surface area contributed by atoms with Gasteiger partial charge in [0, 0.05) is 13.1 Å². The van der Waals surface area contributed by atoms with Gasteiger partial charge in [-0.3, -0.25) is 4.79 Å². The molecule has 1 amide bonds. The Balaban J connectivity index is 1.65. The molecule has 0 aromatic carbocycles. The molecule has 3 heteroatoms. The molecule has 2 rings (SSSR count). The Labute approximate surface area is 98.6 Å². The Morgan fingerprint density at radius 1 is 1.31 bits per heavy atom. The van der Waals surface area contributed by atoms with Crippen molar-refractivity contribution in [3.8, 4) is 0 Å². The van der Waals surface area contributed by atoms with E-state index in [2.05, 4.69) is 19.2 Å². The summed E-state index contributed by atoms with van der Waals surface area (Å²) in [6.45, 7) is 8.04. The lowest BCUT2D eigenvalue weighted by Gasteiger charge is -2.37. The van der Waals surface area contributed by atoms with Crippen LogP contribution in [0.4, 0.5) is 0 Å². The van der Waals surface area contributed by atoms with Crippen molar-refractivity contribution >= 4 is 5.91 Å². The van der Waals surface area contributed by atoms with Gasteiger partial charge >= 0.3 is 0 Å². The van der Waals surface area contributed by atoms with Crippen molar-refractivity contribution in [3.63, 3.8) is 0 Å². The molecule has 1 aliphatic heterocycles. The Bertz CT molecular complexity index is 249. The molecule has 3 nitrogen and oxygen atoms in total. The van der Waals surface area contributed by atoms with Gasteiger partial charge in [0.1, 0.15) is 0 Å². The molecule has 1 aliphatic carbocycles. The summed E-state index contributed by atoms with van der Waals surface area (Å²) in [4.78, 5) is 13.9. The predicted octanol–water partition coefficient (Wildman–Crippen LogP) is 1.63. The first kappa shape index (κ1) is 11.9. The van der Waals surface area contributed by atoms with E-state index in [0.717, 1.165) is 38.4 Å². The first-order chi connectivity index (χ1) is 7.57. The third-order valence-electron chi connectivity index (χ3n) is 3.88. The summed E-state index contributed by atoms with van der Waals surface area (Å²) in [6, 6.07) is 0. The summed E-state index contributed by atoms with van der Waals surface area (Å²) in [5.74, 6) is 1.14. The fourth-order valence-electron chi connectivity index (χ4n) is 2.18. The zero-order chi connectivity index (χ0) is 11.6. The van der Waals surface area contributed by atoms with Gasteiger partial charge in [-0.25, -0.2) is 0 Å². The van der Waals surface area contributed by atoms with Crippen LogP contribution in [0, 0.1) is 11.3 Å². The van der Waals surface area contributed by atoms with Crippen LogP contribution in [0.1, 0.15) is 39.5 Å². The normalized spacial score (nSPS) is 24.5. The lowest BCUT2D eigenvalue weighted by atomic mass is 9.83. The number of likely N-dealkylation sites (tertiary alicyclic amines) is 1. The van der Waals surface area contributed by atoms with Crippen molar-refractivity contribution in [1.29, 1.82) is 0 Å². The van der Waals surface area contributed by atoms with Crippen molar-refractivity contribution in [1.82, 2.24) is 10.2 Å². The van der Waals surface area contributed by atoms with Crippen LogP contribution >= 0.6 is 0 Å². The quantitative estimate of drug-likeness (QED) is 0.787. The first-order valence-electron chi connectivity index (χ1n) is 6.55. The summed E-state index contributed by atoms with van der Waals surface area (Å²) in [5, 5.41) is 3.27. The second-order valence-electron chi connectivity index (χ2n) is 6.12. The maximum atomic E-state index is 11.9. The fraction of sp³-hybridized carbons (Fsp3) is 0.923. The Morgan fingerprint density at radius 3 is 2.50 bits per heavy atom. The van der Waals surface area contributed by atoms with Gasteiger partial charge in [0.15, 0.2) is 0 Å². The number of piperidine rings is 1. The second-order valence-corrected chi connectivity index (χ2v) is 6.12. The van der Waals surface area contributed by atoms with E-state index in [1.807, 2.05) is 4.90 Å². The molecule has 2 aliphatic rings. The van der Waals surface area contributed by atoms with Gasteiger partial charge in [0.05, 0.1) is 6.54 Å². The molecule has 1 heterocycles. The van der Waals surface area contributed by atoms with Crippen molar-refractivity contribution < 1.29 is 4.79 Å². The van der Waals surface area contributed by atoms with Crippen LogP contribution < -0.4 is 5.32 Å². The molecule has 1 saturated carbocycles. The van der Waals surface area contributed by atoms with E-state index in [0.29, 0.717) is 12.0 Å². The SMILES string of the molecule is CC1(C)CCN(C(=O)CNCC2CC2)CC1. The van der Waals surface area contributed by atoms with Crippen molar-refractivity contribution in [3.05, 3.63) is 0 Å². The van der Waals surface area contributed by atoms with Crippen molar-refractivity contribution in [2.75, 3.05) is 26.2 Å². The summed E-state index contributed by atoms with van der Waals surface area (Å²) >= 11 is 0. The molecule has 0 unspecified atom stereocenters. The van der Waals surface area contributed by atoms with Gasteiger partial charge in [-0.2, -0.15) is 0 Å². The molecule has 2 fully saturated rings. The van der Waals surface area contributed by atoms with Gasteiger partial charge in [0.2, 0.25) is 5.91 Å². The average Bonchev–Trinajstić information content (AvgIpc) is 3.01. The number of amides is 1. The number of nitrogens with zero attached hydrogens (tertiary/aromatic N) is 1. The number of hydrogen-bond donors (Lipinski definition) is 1. The van der Waals surface area contributed by atoms with Crippen molar-refractivity contribution in [2.45, 2.75) is 39.5 Å². The maximum absolute atomic E-state index is 11.9. The zero-order valence-corrected chi connectivity index (χ0v) is 10.6. The minimum Gasteiger partial charge on any atom is -0.342 e. The predicted molar refractivity (Wildman–Crippen MR) is 65.2 cm³/mol. The van der Waals surface area contributed by atoms with E-state index in [1.54, 1.807) is 0 Å². The summed E-state index contributed by atoms with van der Waals surface area (Å²) in [5.41, 5.74) is 0.429. The van der Waals surface area contributed by atoms with Gasteiger partial charge in [-0.15, -0.1) is 0 Å². The molecule has 0 bridgehead atoms. The average molecular weight is 224 g/mol. The van der Waals surface area contributed by atoms with Gasteiger partial charge < -0.3 is 10.2 Å². The fourth-order valence-corrected chi connectivity index (χ4v) is 2.18. The van der Waals surface area contributed by atoms with Gasteiger partial charge in [-0.1, -0.05) is 13.8 Å². The highest BCUT2D eigenvalue weighted by Crippen LogP contribution is 2.29. The van der Waals surface area contributed by atoms with E-state index in [9.17, 15) is 4.79 Å². The van der Waals surface area contributed by atoms with Crippen molar-refractivity contribution in [2.24, 2.45) is 11.3 Å². The summed E-state index contributed by atoms with van der Waals surface area (Å²) in [6.07, 6.45) is 4.97. The molecular weight excluding hydrogens is 200 g/mol. The zero-order valence-electron chi connectivity index (χ0n) is 10.6. The number of rotatable bonds is 4. The van der Waals surface area contributed by atoms with Crippen LogP contribution in [0.5, 0.6) is 0 Å². The first-order valence-corrected chi connectivity index (χ1v) is 6.55. The second kappa shape index (κ2) is 4.74. The molecular formula is C13H24N2O. The molecule has 0 aromatic heterocycles. The van der Waals surface area contributed by atoms with E-state index in [-0.39, 0.29) is 5.91 Å². The Kier molecular flexibility index (Phi) is 3.53. The molecule has 0 radical (unpaired) electrons. The minimum atomic E-state index is 0.288. The van der Waals surface area contributed by atoms with Crippen LogP contribution in [-0.2, 0) is 4.79 Å². The molecule has 16 heavy (non-hydrogen) atoms. The summed E-state index contributed by atoms with van der Waals surface area (Å²) < 4.78 is 0. The van der Waals surface area contributed by atoms with Crippen LogP contribution in [-0.4, -0.2) is 37.0 Å². The lowest BCUT2D eigenvalue weighted by molar-refractivity contribution is -0.132. The topological polar surface area (TPSA) is 32.3 Å². The monoisotopic (exact) mass is 224 g/mol. The number of hydrogen-bond acceptors (Lipinski definition) is 2. The Hall–Kier alpha value is -0.570. The third-order valence-corrected chi connectivity index (χ3v) is 3.88. The summed E-state index contributed by atoms with van der Waals surface area (Å²) in [7, 11) is 0. The largest absolute Gasteiger partial charge is 0.342 e. The van der Waals surface area contributed by atoms with Crippen LogP contribution in [0.2, 0.25) is 0 Å². The van der Waals surface area contributed by atoms with Crippen LogP contribution in [0.25, 0.3) is 0 Å². The highest BCUT2D eigenvalue weighted by atomic mass is 16.2. The molecule has 0 atom stereocenters.